The molecule has 2 aliphatic heterocycles. The summed E-state index contributed by atoms with van der Waals surface area (Å²) in [5.74, 6) is 0.745. The zero-order valence-electron chi connectivity index (χ0n) is 15.3. The number of halogens is 1. The van der Waals surface area contributed by atoms with Gasteiger partial charge in [0.05, 0.1) is 10.3 Å². The molecule has 2 aliphatic rings. The van der Waals surface area contributed by atoms with Crippen LogP contribution in [0.25, 0.3) is 12.2 Å². The van der Waals surface area contributed by atoms with Crippen LogP contribution in [0.4, 0.5) is 5.69 Å². The number of anilines is 1. The Morgan fingerprint density at radius 2 is 2.00 bits per heavy atom. The Morgan fingerprint density at radius 1 is 1.22 bits per heavy atom. The number of ether oxygens (including phenoxy) is 1. The smallest absolute Gasteiger partial charge is 0.235 e. The van der Waals surface area contributed by atoms with Crippen molar-refractivity contribution in [2.24, 2.45) is 0 Å². The molecule has 4 rings (SSSR count). The summed E-state index contributed by atoms with van der Waals surface area (Å²) in [5.41, 5.74) is 2.86. The molecule has 5 nitrogen and oxygen atoms in total. The summed E-state index contributed by atoms with van der Waals surface area (Å²) in [5, 5.41) is 11.2. The third-order valence-corrected chi connectivity index (χ3v) is 5.80. The molecule has 0 bridgehead atoms. The van der Waals surface area contributed by atoms with Gasteiger partial charge in [-0.05, 0) is 67.5 Å². The molecule has 0 aliphatic carbocycles. The highest BCUT2D eigenvalue weighted by Gasteiger charge is 2.57. The van der Waals surface area contributed by atoms with Crippen LogP contribution in [0.5, 0.6) is 5.75 Å². The van der Waals surface area contributed by atoms with E-state index >= 15 is 0 Å². The van der Waals surface area contributed by atoms with Crippen LogP contribution < -0.4 is 9.64 Å². The van der Waals surface area contributed by atoms with Crippen molar-refractivity contribution in [2.75, 3.05) is 11.9 Å². The third-order valence-electron chi connectivity index (χ3n) is 5.56. The SMILES string of the molecule is CN1c2ccc(Cl)cc2C(C)(C)C12C=Cc1cc(C=C[N+](=O)[O-])ccc1O2. The van der Waals surface area contributed by atoms with Crippen LogP contribution in [0.15, 0.2) is 48.7 Å². The highest BCUT2D eigenvalue weighted by atomic mass is 35.5. The number of benzene rings is 2. The first-order valence-electron chi connectivity index (χ1n) is 8.62. The van der Waals surface area contributed by atoms with Gasteiger partial charge in [0.1, 0.15) is 5.75 Å². The van der Waals surface area contributed by atoms with Crippen molar-refractivity contribution >= 4 is 29.4 Å². The highest BCUT2D eigenvalue weighted by molar-refractivity contribution is 6.30. The van der Waals surface area contributed by atoms with Gasteiger partial charge in [0, 0.05) is 29.4 Å². The molecule has 2 aromatic rings. The summed E-state index contributed by atoms with van der Waals surface area (Å²) >= 11 is 6.24. The second kappa shape index (κ2) is 5.86. The summed E-state index contributed by atoms with van der Waals surface area (Å²) in [6.07, 6.45) is 6.49. The third kappa shape index (κ3) is 2.53. The minimum atomic E-state index is -0.675. The van der Waals surface area contributed by atoms with Crippen molar-refractivity contribution in [3.63, 3.8) is 0 Å². The van der Waals surface area contributed by atoms with Crippen LogP contribution in [0, 0.1) is 10.1 Å². The van der Waals surface area contributed by atoms with Crippen LogP contribution >= 0.6 is 11.6 Å². The second-order valence-corrected chi connectivity index (χ2v) is 7.81. The van der Waals surface area contributed by atoms with Gasteiger partial charge in [-0.25, -0.2) is 0 Å². The lowest BCUT2D eigenvalue weighted by atomic mass is 9.76. The van der Waals surface area contributed by atoms with Crippen molar-refractivity contribution in [1.82, 2.24) is 0 Å². The number of hydrogen-bond donors (Lipinski definition) is 0. The van der Waals surface area contributed by atoms with Gasteiger partial charge in [-0.15, -0.1) is 0 Å². The summed E-state index contributed by atoms with van der Waals surface area (Å²) in [7, 11) is 2.02. The molecule has 2 heterocycles. The molecule has 0 N–H and O–H groups in total. The van der Waals surface area contributed by atoms with Crippen LogP contribution in [-0.4, -0.2) is 17.7 Å². The van der Waals surface area contributed by atoms with Gasteiger partial charge in [-0.3, -0.25) is 10.1 Å². The van der Waals surface area contributed by atoms with Crippen LogP contribution in [0.2, 0.25) is 5.02 Å². The largest absolute Gasteiger partial charge is 0.463 e. The topological polar surface area (TPSA) is 55.6 Å². The molecule has 0 fully saturated rings. The fourth-order valence-electron chi connectivity index (χ4n) is 4.05. The Bertz CT molecular complexity index is 1010. The molecule has 138 valence electrons. The van der Waals surface area contributed by atoms with Crippen molar-refractivity contribution < 1.29 is 9.66 Å². The number of nitrogens with zero attached hydrogens (tertiary/aromatic N) is 2. The molecule has 0 radical (unpaired) electrons. The molecule has 2 aromatic carbocycles. The maximum Gasteiger partial charge on any atom is 0.235 e. The van der Waals surface area contributed by atoms with Gasteiger partial charge >= 0.3 is 0 Å². The molecule has 1 spiro atoms. The molecule has 6 heteroatoms. The van der Waals surface area contributed by atoms with Crippen molar-refractivity contribution in [2.45, 2.75) is 25.0 Å². The van der Waals surface area contributed by atoms with Gasteiger partial charge in [0.2, 0.25) is 11.9 Å². The normalized spacial score (nSPS) is 22.0. The average Bonchev–Trinajstić information content (AvgIpc) is 2.78. The van der Waals surface area contributed by atoms with E-state index in [-0.39, 0.29) is 5.41 Å². The van der Waals surface area contributed by atoms with E-state index in [4.69, 9.17) is 16.3 Å². The van der Waals surface area contributed by atoms with E-state index in [9.17, 15) is 10.1 Å². The van der Waals surface area contributed by atoms with E-state index in [2.05, 4.69) is 24.8 Å². The molecule has 0 amide bonds. The Kier molecular flexibility index (Phi) is 3.82. The molecular weight excluding hydrogens is 364 g/mol. The first-order chi connectivity index (χ1) is 12.7. The molecule has 1 atom stereocenters. The fourth-order valence-corrected chi connectivity index (χ4v) is 4.23. The molecular formula is C21H19ClN2O3. The quantitative estimate of drug-likeness (QED) is 0.534. The Labute approximate surface area is 162 Å². The molecule has 0 saturated carbocycles. The van der Waals surface area contributed by atoms with E-state index in [0.717, 1.165) is 34.3 Å². The minimum absolute atomic E-state index is 0.333. The number of nitro groups is 1. The summed E-state index contributed by atoms with van der Waals surface area (Å²) in [4.78, 5) is 12.2. The van der Waals surface area contributed by atoms with E-state index in [0.29, 0.717) is 5.02 Å². The van der Waals surface area contributed by atoms with E-state index in [1.54, 1.807) is 0 Å². The van der Waals surface area contributed by atoms with Gasteiger partial charge < -0.3 is 9.64 Å². The fraction of sp³-hybridized carbons (Fsp3) is 0.238. The van der Waals surface area contributed by atoms with Crippen molar-refractivity contribution in [3.05, 3.63) is 80.5 Å². The minimum Gasteiger partial charge on any atom is -0.463 e. The van der Waals surface area contributed by atoms with Gasteiger partial charge in [0.25, 0.3) is 0 Å². The van der Waals surface area contributed by atoms with Crippen LogP contribution in [0.1, 0.15) is 30.5 Å². The number of fused-ring (bicyclic) bond motifs is 2. The van der Waals surface area contributed by atoms with E-state index in [1.807, 2.05) is 49.5 Å². The van der Waals surface area contributed by atoms with Gasteiger partial charge in [-0.2, -0.15) is 0 Å². The molecule has 27 heavy (non-hydrogen) atoms. The van der Waals surface area contributed by atoms with Gasteiger partial charge in [-0.1, -0.05) is 17.7 Å². The van der Waals surface area contributed by atoms with E-state index in [1.165, 1.54) is 6.08 Å². The lowest BCUT2D eigenvalue weighted by Crippen LogP contribution is -2.58. The van der Waals surface area contributed by atoms with E-state index < -0.39 is 10.6 Å². The average molecular weight is 383 g/mol. The monoisotopic (exact) mass is 382 g/mol. The predicted octanol–water partition coefficient (Wildman–Crippen LogP) is 5.12. The first-order valence-corrected chi connectivity index (χ1v) is 9.00. The lowest BCUT2D eigenvalue weighted by molar-refractivity contribution is -0.400. The molecule has 1 unspecified atom stereocenters. The zero-order valence-corrected chi connectivity index (χ0v) is 16.0. The molecule has 0 aromatic heterocycles. The van der Waals surface area contributed by atoms with Crippen LogP contribution in [-0.2, 0) is 5.41 Å². The number of likely N-dealkylation sites (N-methyl/N-ethyl adjacent to an activating group) is 1. The Hall–Kier alpha value is -2.79. The zero-order chi connectivity index (χ0) is 19.4. The maximum absolute atomic E-state index is 10.5. The number of hydrogen-bond acceptors (Lipinski definition) is 4. The number of rotatable bonds is 2. The molecule has 0 saturated heterocycles. The lowest BCUT2D eigenvalue weighted by Gasteiger charge is -2.45. The van der Waals surface area contributed by atoms with Crippen molar-refractivity contribution in [3.8, 4) is 5.75 Å². The highest BCUT2D eigenvalue weighted by Crippen LogP contribution is 2.54. The first kappa shape index (κ1) is 17.6. The van der Waals surface area contributed by atoms with Gasteiger partial charge in [0.15, 0.2) is 0 Å². The summed E-state index contributed by atoms with van der Waals surface area (Å²) in [6.45, 7) is 4.30. The van der Waals surface area contributed by atoms with Crippen molar-refractivity contribution in [1.29, 1.82) is 0 Å². The Morgan fingerprint density at radius 3 is 2.74 bits per heavy atom. The summed E-state index contributed by atoms with van der Waals surface area (Å²) in [6, 6.07) is 11.5. The Balaban J connectivity index is 1.76. The predicted molar refractivity (Wildman–Crippen MR) is 108 cm³/mol. The van der Waals surface area contributed by atoms with Crippen LogP contribution in [0.3, 0.4) is 0 Å². The maximum atomic E-state index is 10.5. The standard InChI is InChI=1S/C21H19ClN2O3/c1-20(2)17-13-16(22)5-6-18(17)23(3)21(20)10-8-15-12-14(9-11-24(25)26)4-7-19(15)27-21/h4-13H,1-3H3. The summed E-state index contributed by atoms with van der Waals surface area (Å²) < 4.78 is 6.55. The second-order valence-electron chi connectivity index (χ2n) is 7.38.